The van der Waals surface area contributed by atoms with Gasteiger partial charge in [-0.1, -0.05) is 36.4 Å². The maximum atomic E-state index is 12.1. The van der Waals surface area contributed by atoms with Gasteiger partial charge in [0, 0.05) is 47.2 Å². The van der Waals surface area contributed by atoms with Crippen LogP contribution in [0.25, 0.3) is 0 Å². The minimum atomic E-state index is -0.950. The molecule has 23 heavy (non-hydrogen) atoms. The molecule has 0 saturated heterocycles. The number of amides is 1. The molecule has 1 heterocycles. The SMILES string of the molecule is O=C(NCC[S@@](=O)Cc1ccccc1)[C@H]1C[C@@H]1c1cccnc1. The first-order chi connectivity index (χ1) is 11.2. The molecule has 1 N–H and O–H groups in total. The van der Waals surface area contributed by atoms with Crippen LogP contribution < -0.4 is 5.32 Å². The molecule has 1 saturated carbocycles. The quantitative estimate of drug-likeness (QED) is 0.848. The first-order valence-corrected chi connectivity index (χ1v) is 9.29. The minimum Gasteiger partial charge on any atom is -0.355 e. The van der Waals surface area contributed by atoms with Crippen molar-refractivity contribution in [2.45, 2.75) is 18.1 Å². The second-order valence-corrected chi connectivity index (χ2v) is 7.38. The summed E-state index contributed by atoms with van der Waals surface area (Å²) in [6.45, 7) is 0.467. The van der Waals surface area contributed by atoms with Gasteiger partial charge < -0.3 is 5.32 Å². The molecular formula is C18H20N2O2S. The Hall–Kier alpha value is -2.01. The summed E-state index contributed by atoms with van der Waals surface area (Å²) < 4.78 is 12.0. The molecule has 1 aliphatic carbocycles. The highest BCUT2D eigenvalue weighted by Gasteiger charge is 2.43. The van der Waals surface area contributed by atoms with Gasteiger partial charge >= 0.3 is 0 Å². The van der Waals surface area contributed by atoms with Gasteiger partial charge in [-0.15, -0.1) is 0 Å². The van der Waals surface area contributed by atoms with Crippen LogP contribution in [0.4, 0.5) is 0 Å². The predicted octanol–water partition coefficient (Wildman–Crippen LogP) is 2.25. The van der Waals surface area contributed by atoms with Crippen LogP contribution in [0.3, 0.4) is 0 Å². The molecule has 0 radical (unpaired) electrons. The molecule has 1 aromatic carbocycles. The Morgan fingerprint density at radius 1 is 1.22 bits per heavy atom. The van der Waals surface area contributed by atoms with E-state index in [2.05, 4.69) is 10.3 Å². The minimum absolute atomic E-state index is 0.0433. The zero-order chi connectivity index (χ0) is 16.1. The van der Waals surface area contributed by atoms with Crippen LogP contribution in [0.1, 0.15) is 23.5 Å². The summed E-state index contributed by atoms with van der Waals surface area (Å²) in [5.41, 5.74) is 2.19. The molecule has 1 fully saturated rings. The maximum Gasteiger partial charge on any atom is 0.223 e. The van der Waals surface area contributed by atoms with Gasteiger partial charge in [0.25, 0.3) is 0 Å². The number of aromatic nitrogens is 1. The van der Waals surface area contributed by atoms with Crippen LogP contribution in [0.2, 0.25) is 0 Å². The second kappa shape index (κ2) is 7.51. The van der Waals surface area contributed by atoms with E-state index in [1.807, 2.05) is 48.7 Å². The summed E-state index contributed by atoms with van der Waals surface area (Å²) >= 11 is 0. The number of hydrogen-bond acceptors (Lipinski definition) is 3. The fraction of sp³-hybridized carbons (Fsp3) is 0.333. The van der Waals surface area contributed by atoms with Crippen LogP contribution in [-0.4, -0.2) is 27.4 Å². The third-order valence-corrected chi connectivity index (χ3v) is 5.35. The van der Waals surface area contributed by atoms with E-state index in [4.69, 9.17) is 0 Å². The smallest absolute Gasteiger partial charge is 0.223 e. The summed E-state index contributed by atoms with van der Waals surface area (Å²) in [5.74, 6) is 1.43. The third kappa shape index (κ3) is 4.48. The molecule has 4 nitrogen and oxygen atoms in total. The van der Waals surface area contributed by atoms with Crippen LogP contribution in [0.5, 0.6) is 0 Å². The average molecular weight is 328 g/mol. The van der Waals surface area contributed by atoms with E-state index in [1.54, 1.807) is 6.20 Å². The Morgan fingerprint density at radius 3 is 2.78 bits per heavy atom. The molecular weight excluding hydrogens is 308 g/mol. The monoisotopic (exact) mass is 328 g/mol. The standard InChI is InChI=1S/C18H20N2O2S/c21-18(17-11-16(17)15-7-4-8-19-12-15)20-9-10-23(22)13-14-5-2-1-3-6-14/h1-8,12,16-17H,9-11,13H2,(H,20,21)/t16-,17+,23-/m1/s1. The highest BCUT2D eigenvalue weighted by Crippen LogP contribution is 2.47. The van der Waals surface area contributed by atoms with E-state index in [1.165, 1.54) is 0 Å². The van der Waals surface area contributed by atoms with Gasteiger partial charge in [0.05, 0.1) is 0 Å². The number of carbonyl (C=O) groups excluding carboxylic acids is 1. The largest absolute Gasteiger partial charge is 0.355 e. The van der Waals surface area contributed by atoms with Crippen molar-refractivity contribution in [1.29, 1.82) is 0 Å². The van der Waals surface area contributed by atoms with Crippen LogP contribution in [0, 0.1) is 5.92 Å². The molecule has 2 aromatic rings. The fourth-order valence-corrected chi connectivity index (χ4v) is 3.74. The zero-order valence-electron chi connectivity index (χ0n) is 12.9. The number of carbonyl (C=O) groups is 1. The van der Waals surface area contributed by atoms with Crippen molar-refractivity contribution in [3.63, 3.8) is 0 Å². The van der Waals surface area contributed by atoms with Crippen molar-refractivity contribution in [3.05, 3.63) is 66.0 Å². The maximum absolute atomic E-state index is 12.1. The summed E-state index contributed by atoms with van der Waals surface area (Å²) in [6.07, 6.45) is 4.44. The Morgan fingerprint density at radius 2 is 2.04 bits per heavy atom. The number of rotatable bonds is 7. The first-order valence-electron chi connectivity index (χ1n) is 7.80. The normalized spacial score (nSPS) is 20.7. The van der Waals surface area contributed by atoms with Gasteiger partial charge in [0.2, 0.25) is 5.91 Å². The van der Waals surface area contributed by atoms with E-state index in [-0.39, 0.29) is 11.8 Å². The van der Waals surface area contributed by atoms with Crippen molar-refractivity contribution >= 4 is 16.7 Å². The molecule has 0 unspecified atom stereocenters. The van der Waals surface area contributed by atoms with Gasteiger partial charge in [-0.25, -0.2) is 0 Å². The first kappa shape index (κ1) is 15.9. The molecule has 0 bridgehead atoms. The van der Waals surface area contributed by atoms with E-state index >= 15 is 0 Å². The summed E-state index contributed by atoms with van der Waals surface area (Å²) in [6, 6.07) is 13.7. The Bertz CT molecular complexity index is 676. The Balaban J connectivity index is 1.38. The second-order valence-electron chi connectivity index (χ2n) is 5.80. The number of nitrogens with one attached hydrogen (secondary N) is 1. The number of benzene rings is 1. The summed E-state index contributed by atoms with van der Waals surface area (Å²) in [7, 11) is -0.950. The molecule has 3 rings (SSSR count). The summed E-state index contributed by atoms with van der Waals surface area (Å²) in [5, 5.41) is 2.91. The molecule has 3 atom stereocenters. The Labute approximate surface area is 138 Å². The zero-order valence-corrected chi connectivity index (χ0v) is 13.7. The predicted molar refractivity (Wildman–Crippen MR) is 91.3 cm³/mol. The number of hydrogen-bond donors (Lipinski definition) is 1. The van der Waals surface area contributed by atoms with E-state index < -0.39 is 10.8 Å². The van der Waals surface area contributed by atoms with Gasteiger partial charge in [0.1, 0.15) is 0 Å². The lowest BCUT2D eigenvalue weighted by Crippen LogP contribution is -2.29. The van der Waals surface area contributed by atoms with Crippen LogP contribution in [0.15, 0.2) is 54.9 Å². The molecule has 1 aromatic heterocycles. The lowest BCUT2D eigenvalue weighted by Gasteiger charge is -2.06. The topological polar surface area (TPSA) is 59.1 Å². The molecule has 120 valence electrons. The van der Waals surface area contributed by atoms with E-state index in [9.17, 15) is 9.00 Å². The lowest BCUT2D eigenvalue weighted by molar-refractivity contribution is -0.122. The summed E-state index contributed by atoms with van der Waals surface area (Å²) in [4.78, 5) is 16.2. The third-order valence-electron chi connectivity index (χ3n) is 4.04. The highest BCUT2D eigenvalue weighted by molar-refractivity contribution is 7.84. The van der Waals surface area contributed by atoms with Gasteiger partial charge in [-0.2, -0.15) is 0 Å². The molecule has 0 aliphatic heterocycles. The van der Waals surface area contributed by atoms with Gasteiger partial charge in [-0.05, 0) is 29.5 Å². The Kier molecular flexibility index (Phi) is 5.18. The van der Waals surface area contributed by atoms with Crippen molar-refractivity contribution in [2.75, 3.05) is 12.3 Å². The highest BCUT2D eigenvalue weighted by atomic mass is 32.2. The van der Waals surface area contributed by atoms with Crippen molar-refractivity contribution in [2.24, 2.45) is 5.92 Å². The molecule has 1 aliphatic rings. The number of pyridine rings is 1. The fourth-order valence-electron chi connectivity index (χ4n) is 2.70. The molecule has 1 amide bonds. The van der Waals surface area contributed by atoms with Crippen LogP contribution in [-0.2, 0) is 21.3 Å². The van der Waals surface area contributed by atoms with E-state index in [0.717, 1.165) is 17.5 Å². The van der Waals surface area contributed by atoms with E-state index in [0.29, 0.717) is 24.0 Å². The lowest BCUT2D eigenvalue weighted by atomic mass is 10.1. The van der Waals surface area contributed by atoms with Crippen molar-refractivity contribution < 1.29 is 9.00 Å². The van der Waals surface area contributed by atoms with Crippen LogP contribution >= 0.6 is 0 Å². The number of nitrogens with zero attached hydrogens (tertiary/aromatic N) is 1. The van der Waals surface area contributed by atoms with Crippen molar-refractivity contribution in [1.82, 2.24) is 10.3 Å². The molecule has 5 heteroatoms. The molecule has 0 spiro atoms. The average Bonchev–Trinajstić information content (AvgIpc) is 3.37. The van der Waals surface area contributed by atoms with Crippen molar-refractivity contribution in [3.8, 4) is 0 Å². The van der Waals surface area contributed by atoms with Gasteiger partial charge in [0.15, 0.2) is 0 Å². The van der Waals surface area contributed by atoms with Gasteiger partial charge in [-0.3, -0.25) is 14.0 Å².